The van der Waals surface area contributed by atoms with E-state index < -0.39 is 0 Å². The molecule has 2 aliphatic rings. The van der Waals surface area contributed by atoms with Crippen LogP contribution < -0.4 is 4.90 Å². The second-order valence-electron chi connectivity index (χ2n) is 6.93. The molecule has 1 amide bonds. The number of piperazine rings is 1. The van der Waals surface area contributed by atoms with Crippen LogP contribution >= 0.6 is 0 Å². The first-order chi connectivity index (χ1) is 12.2. The minimum absolute atomic E-state index is 0.140. The average Bonchev–Trinajstić information content (AvgIpc) is 2.67. The van der Waals surface area contributed by atoms with Crippen molar-refractivity contribution in [1.29, 1.82) is 0 Å². The molecule has 130 valence electrons. The molecule has 1 aromatic heterocycles. The van der Waals surface area contributed by atoms with Crippen molar-refractivity contribution in [1.82, 2.24) is 14.8 Å². The molecule has 25 heavy (non-hydrogen) atoms. The summed E-state index contributed by atoms with van der Waals surface area (Å²) in [6.45, 7) is 5.15. The Balaban J connectivity index is 1.47. The van der Waals surface area contributed by atoms with Gasteiger partial charge >= 0.3 is 0 Å². The number of anilines is 1. The van der Waals surface area contributed by atoms with Crippen LogP contribution in [0.3, 0.4) is 0 Å². The van der Waals surface area contributed by atoms with E-state index in [-0.39, 0.29) is 5.91 Å². The molecule has 5 nitrogen and oxygen atoms in total. The van der Waals surface area contributed by atoms with Crippen molar-refractivity contribution in [3.8, 4) is 0 Å². The van der Waals surface area contributed by atoms with Gasteiger partial charge in [-0.05, 0) is 36.7 Å². The first-order valence-corrected chi connectivity index (χ1v) is 8.96. The lowest BCUT2D eigenvalue weighted by molar-refractivity contribution is 0.0744. The van der Waals surface area contributed by atoms with Gasteiger partial charge in [-0.25, -0.2) is 0 Å². The maximum atomic E-state index is 13.1. The predicted molar refractivity (Wildman–Crippen MR) is 98.8 cm³/mol. The summed E-state index contributed by atoms with van der Waals surface area (Å²) in [5, 5.41) is 0. The van der Waals surface area contributed by atoms with Crippen LogP contribution in [0.25, 0.3) is 0 Å². The molecule has 3 heterocycles. The van der Waals surface area contributed by atoms with Crippen LogP contribution in [0.4, 0.5) is 5.69 Å². The number of hydrogen-bond donors (Lipinski definition) is 0. The Morgan fingerprint density at radius 1 is 1.00 bits per heavy atom. The number of pyridine rings is 1. The fraction of sp³-hybridized carbons (Fsp3) is 0.400. The summed E-state index contributed by atoms with van der Waals surface area (Å²) < 4.78 is 0. The van der Waals surface area contributed by atoms with E-state index in [0.29, 0.717) is 0 Å². The van der Waals surface area contributed by atoms with Crippen LogP contribution in [0.1, 0.15) is 21.5 Å². The molecular weight excluding hydrogens is 312 g/mol. The Morgan fingerprint density at radius 3 is 2.52 bits per heavy atom. The lowest BCUT2D eigenvalue weighted by atomic mass is 9.96. The molecule has 5 heteroatoms. The summed E-state index contributed by atoms with van der Waals surface area (Å²) in [6.07, 6.45) is 4.60. The highest BCUT2D eigenvalue weighted by atomic mass is 16.2. The van der Waals surface area contributed by atoms with E-state index in [2.05, 4.69) is 46.1 Å². The monoisotopic (exact) mass is 336 g/mol. The maximum Gasteiger partial charge on any atom is 0.255 e. The third-order valence-corrected chi connectivity index (χ3v) is 5.25. The Morgan fingerprint density at radius 2 is 1.76 bits per heavy atom. The van der Waals surface area contributed by atoms with Crippen molar-refractivity contribution in [3.05, 3.63) is 59.4 Å². The molecule has 1 aromatic carbocycles. The van der Waals surface area contributed by atoms with E-state index in [1.807, 2.05) is 17.2 Å². The van der Waals surface area contributed by atoms with E-state index in [4.69, 9.17) is 0 Å². The van der Waals surface area contributed by atoms with Gasteiger partial charge in [-0.3, -0.25) is 9.78 Å². The number of hydrogen-bond acceptors (Lipinski definition) is 4. The summed E-state index contributed by atoms with van der Waals surface area (Å²) in [5.74, 6) is 0.140. The maximum absolute atomic E-state index is 13.1. The van der Waals surface area contributed by atoms with E-state index in [0.717, 1.165) is 51.3 Å². The zero-order valence-electron chi connectivity index (χ0n) is 14.7. The van der Waals surface area contributed by atoms with Crippen molar-refractivity contribution < 1.29 is 4.79 Å². The SMILES string of the molecule is CN1CCc2c(cncc2C(=O)N2CCN(c3ccccc3)CC2)C1. The van der Waals surface area contributed by atoms with Gasteiger partial charge in [-0.2, -0.15) is 0 Å². The minimum Gasteiger partial charge on any atom is -0.368 e. The van der Waals surface area contributed by atoms with Gasteiger partial charge in [0, 0.05) is 57.3 Å². The molecule has 0 atom stereocenters. The molecule has 4 rings (SSSR count). The fourth-order valence-corrected chi connectivity index (χ4v) is 3.80. The van der Waals surface area contributed by atoms with Gasteiger partial charge in [-0.15, -0.1) is 0 Å². The Labute approximate surface area is 148 Å². The molecule has 2 aliphatic heterocycles. The zero-order chi connectivity index (χ0) is 17.2. The van der Waals surface area contributed by atoms with Crippen LogP contribution in [0.2, 0.25) is 0 Å². The third kappa shape index (κ3) is 3.24. The molecule has 0 bridgehead atoms. The predicted octanol–water partition coefficient (Wildman–Crippen LogP) is 2.03. The number of likely N-dealkylation sites (N-methyl/N-ethyl adjacent to an activating group) is 1. The number of para-hydroxylation sites is 1. The van der Waals surface area contributed by atoms with E-state index in [1.54, 1.807) is 6.20 Å². The van der Waals surface area contributed by atoms with Crippen LogP contribution in [0.15, 0.2) is 42.7 Å². The second kappa shape index (κ2) is 6.84. The molecule has 0 saturated carbocycles. The van der Waals surface area contributed by atoms with Gasteiger partial charge in [0.2, 0.25) is 0 Å². The molecular formula is C20H24N4O. The summed E-state index contributed by atoms with van der Waals surface area (Å²) >= 11 is 0. The van der Waals surface area contributed by atoms with Gasteiger partial charge in [0.25, 0.3) is 5.91 Å². The molecule has 0 unspecified atom stereocenters. The van der Waals surface area contributed by atoms with Gasteiger partial charge < -0.3 is 14.7 Å². The summed E-state index contributed by atoms with van der Waals surface area (Å²) in [5.41, 5.74) is 4.43. The van der Waals surface area contributed by atoms with Gasteiger partial charge in [0.15, 0.2) is 0 Å². The second-order valence-corrected chi connectivity index (χ2v) is 6.93. The van der Waals surface area contributed by atoms with Crippen LogP contribution in [-0.2, 0) is 13.0 Å². The van der Waals surface area contributed by atoms with Gasteiger partial charge in [-0.1, -0.05) is 18.2 Å². The summed E-state index contributed by atoms with van der Waals surface area (Å²) in [6, 6.07) is 10.4. The van der Waals surface area contributed by atoms with Crippen LogP contribution in [0.5, 0.6) is 0 Å². The van der Waals surface area contributed by atoms with Crippen LogP contribution in [-0.4, -0.2) is 60.5 Å². The van der Waals surface area contributed by atoms with Crippen molar-refractivity contribution >= 4 is 11.6 Å². The first kappa shape index (κ1) is 16.1. The van der Waals surface area contributed by atoms with E-state index in [1.165, 1.54) is 16.8 Å². The number of rotatable bonds is 2. The lowest BCUT2D eigenvalue weighted by Gasteiger charge is -2.36. The molecule has 0 aliphatic carbocycles. The zero-order valence-corrected chi connectivity index (χ0v) is 14.7. The number of carbonyl (C=O) groups excluding carboxylic acids is 1. The number of amides is 1. The molecule has 0 spiro atoms. The molecule has 1 fully saturated rings. The third-order valence-electron chi connectivity index (χ3n) is 5.25. The van der Waals surface area contributed by atoms with E-state index in [9.17, 15) is 4.79 Å². The van der Waals surface area contributed by atoms with Crippen molar-refractivity contribution in [2.24, 2.45) is 0 Å². The highest BCUT2D eigenvalue weighted by Crippen LogP contribution is 2.23. The fourth-order valence-electron chi connectivity index (χ4n) is 3.80. The van der Waals surface area contributed by atoms with Gasteiger partial charge in [0.05, 0.1) is 5.56 Å². The summed E-state index contributed by atoms with van der Waals surface area (Å²) in [7, 11) is 2.11. The lowest BCUT2D eigenvalue weighted by Crippen LogP contribution is -2.49. The quantitative estimate of drug-likeness (QED) is 0.841. The minimum atomic E-state index is 0.140. The smallest absolute Gasteiger partial charge is 0.255 e. The van der Waals surface area contributed by atoms with E-state index >= 15 is 0 Å². The average molecular weight is 336 g/mol. The molecule has 2 aromatic rings. The van der Waals surface area contributed by atoms with Crippen molar-refractivity contribution in [2.45, 2.75) is 13.0 Å². The van der Waals surface area contributed by atoms with Crippen molar-refractivity contribution in [3.63, 3.8) is 0 Å². The summed E-state index contributed by atoms with van der Waals surface area (Å²) in [4.78, 5) is 24.0. The Kier molecular flexibility index (Phi) is 4.40. The number of aromatic nitrogens is 1. The van der Waals surface area contributed by atoms with Crippen molar-refractivity contribution in [2.75, 3.05) is 44.7 Å². The Bertz CT molecular complexity index is 754. The van der Waals surface area contributed by atoms with Crippen LogP contribution in [0, 0.1) is 0 Å². The highest BCUT2D eigenvalue weighted by Gasteiger charge is 2.26. The molecule has 1 saturated heterocycles. The molecule has 0 N–H and O–H groups in total. The first-order valence-electron chi connectivity index (χ1n) is 8.96. The topological polar surface area (TPSA) is 39.7 Å². The Hall–Kier alpha value is -2.40. The largest absolute Gasteiger partial charge is 0.368 e. The molecule has 0 radical (unpaired) electrons. The standard InChI is InChI=1S/C20H24N4O/c1-22-8-7-18-16(15-22)13-21-14-19(18)20(25)24-11-9-23(10-12-24)17-5-3-2-4-6-17/h2-6,13-14H,7-12,15H2,1H3. The number of nitrogens with zero attached hydrogens (tertiary/aromatic N) is 4. The number of carbonyl (C=O) groups is 1. The normalized spacial score (nSPS) is 18.1. The number of benzene rings is 1. The highest BCUT2D eigenvalue weighted by molar-refractivity contribution is 5.96. The van der Waals surface area contributed by atoms with Gasteiger partial charge in [0.1, 0.15) is 0 Å². The number of fused-ring (bicyclic) bond motifs is 1.